The van der Waals surface area contributed by atoms with Crippen molar-refractivity contribution in [2.75, 3.05) is 22.7 Å². The van der Waals surface area contributed by atoms with Crippen LogP contribution in [-0.2, 0) is 16.6 Å². The molecule has 4 rings (SSSR count). The number of nitrogens with one attached hydrogen (secondary N) is 2. The van der Waals surface area contributed by atoms with Gasteiger partial charge in [0.2, 0.25) is 5.95 Å². The van der Waals surface area contributed by atoms with Crippen molar-refractivity contribution in [2.24, 2.45) is 0 Å². The van der Waals surface area contributed by atoms with Crippen LogP contribution in [0.25, 0.3) is 11.0 Å². The third-order valence-electron chi connectivity index (χ3n) is 5.75. The van der Waals surface area contributed by atoms with E-state index in [4.69, 9.17) is 10.1 Å². The Hall–Kier alpha value is -3.53. The third kappa shape index (κ3) is 5.33. The first-order chi connectivity index (χ1) is 16.2. The topological polar surface area (TPSA) is 117 Å². The van der Waals surface area contributed by atoms with Crippen LogP contribution in [0.5, 0.6) is 0 Å². The van der Waals surface area contributed by atoms with Crippen molar-refractivity contribution in [1.29, 1.82) is 0 Å². The average molecular weight is 484 g/mol. The van der Waals surface area contributed by atoms with Crippen LogP contribution in [0.4, 0.5) is 16.4 Å². The molecule has 1 saturated heterocycles. The Kier molecular flexibility index (Phi) is 6.78. The van der Waals surface area contributed by atoms with Gasteiger partial charge in [-0.3, -0.25) is 4.72 Å². The number of fused-ring (bicyclic) bond motifs is 1. The zero-order chi connectivity index (χ0) is 24.3. The first-order valence-corrected chi connectivity index (χ1v) is 12.7. The summed E-state index contributed by atoms with van der Waals surface area (Å²) in [6.45, 7) is 5.90. The predicted molar refractivity (Wildman–Crippen MR) is 133 cm³/mol. The largest absolute Gasteiger partial charge is 0.465 e. The van der Waals surface area contributed by atoms with E-state index in [-0.39, 0.29) is 10.9 Å². The van der Waals surface area contributed by atoms with Crippen LogP contribution in [0, 0.1) is 0 Å². The zero-order valence-corrected chi connectivity index (χ0v) is 20.0. The van der Waals surface area contributed by atoms with Gasteiger partial charge in [-0.25, -0.2) is 18.2 Å². The fourth-order valence-corrected chi connectivity index (χ4v) is 5.20. The Morgan fingerprint density at radius 1 is 1.21 bits per heavy atom. The monoisotopic (exact) mass is 483 g/mol. The first kappa shape index (κ1) is 23.6. The van der Waals surface area contributed by atoms with Crippen molar-refractivity contribution in [3.05, 3.63) is 60.2 Å². The maximum Gasteiger partial charge on any atom is 0.404 e. The van der Waals surface area contributed by atoms with Crippen LogP contribution >= 0.6 is 0 Å². The fraction of sp³-hybridized carbons (Fsp3) is 0.333. The van der Waals surface area contributed by atoms with E-state index in [0.717, 1.165) is 41.9 Å². The summed E-state index contributed by atoms with van der Waals surface area (Å²) >= 11 is 0. The number of allylic oxidation sites excluding steroid dienone is 2. The molecule has 2 heterocycles. The molecule has 0 spiro atoms. The predicted octanol–water partition coefficient (Wildman–Crippen LogP) is 4.04. The number of nitrogens with zero attached hydrogens (tertiary/aromatic N) is 3. The molecule has 0 saturated carbocycles. The minimum Gasteiger partial charge on any atom is -0.465 e. The molecule has 0 unspecified atom stereocenters. The standard InChI is InChI=1S/C24H29N5O4S/c1-17(2)12-14-29-22-15-18(27-34(32,33)20-8-4-3-5-9-20)10-11-21(22)26-23(29)28-13-6-7-19(16-28)25-24(30)31/h3-5,8-12,15,19,25,27H,6-7,13-14,16H2,1-2H3,(H,30,31)/t19-/m1/s1. The lowest BCUT2D eigenvalue weighted by atomic mass is 10.1. The quantitative estimate of drug-likeness (QED) is 0.437. The van der Waals surface area contributed by atoms with Crippen LogP contribution in [0.3, 0.4) is 0 Å². The van der Waals surface area contributed by atoms with Crippen molar-refractivity contribution >= 4 is 38.8 Å². The molecule has 0 bridgehead atoms. The number of hydrogen-bond donors (Lipinski definition) is 3. The second-order valence-corrected chi connectivity index (χ2v) is 10.3. The van der Waals surface area contributed by atoms with Gasteiger partial charge in [-0.05, 0) is 57.0 Å². The van der Waals surface area contributed by atoms with Gasteiger partial charge in [-0.2, -0.15) is 0 Å². The molecule has 3 aromatic rings. The molecule has 1 aliphatic heterocycles. The summed E-state index contributed by atoms with van der Waals surface area (Å²) in [4.78, 5) is 18.3. The number of benzene rings is 2. The molecular formula is C24H29N5O4S. The van der Waals surface area contributed by atoms with Gasteiger partial charge < -0.3 is 19.9 Å². The van der Waals surface area contributed by atoms with Gasteiger partial charge in [0.05, 0.1) is 21.6 Å². The van der Waals surface area contributed by atoms with Gasteiger partial charge in [-0.15, -0.1) is 0 Å². The first-order valence-electron chi connectivity index (χ1n) is 11.2. The average Bonchev–Trinajstić information content (AvgIpc) is 3.15. The molecule has 1 aliphatic rings. The van der Waals surface area contributed by atoms with E-state index in [2.05, 4.69) is 21.0 Å². The van der Waals surface area contributed by atoms with E-state index in [1.54, 1.807) is 48.5 Å². The van der Waals surface area contributed by atoms with Gasteiger partial charge in [0.15, 0.2) is 0 Å². The van der Waals surface area contributed by atoms with Gasteiger partial charge in [0.25, 0.3) is 10.0 Å². The van der Waals surface area contributed by atoms with Crippen molar-refractivity contribution in [3.8, 4) is 0 Å². The number of rotatable bonds is 7. The molecular weight excluding hydrogens is 454 g/mol. The van der Waals surface area contributed by atoms with Crippen molar-refractivity contribution in [1.82, 2.24) is 14.9 Å². The number of carboxylic acid groups (broad SMARTS) is 1. The highest BCUT2D eigenvalue weighted by molar-refractivity contribution is 7.92. The third-order valence-corrected chi connectivity index (χ3v) is 7.14. The number of aromatic nitrogens is 2. The summed E-state index contributed by atoms with van der Waals surface area (Å²) in [7, 11) is -3.72. The lowest BCUT2D eigenvalue weighted by Crippen LogP contribution is -2.48. The zero-order valence-electron chi connectivity index (χ0n) is 19.2. The smallest absolute Gasteiger partial charge is 0.404 e. The molecule has 9 nitrogen and oxygen atoms in total. The summed E-state index contributed by atoms with van der Waals surface area (Å²) in [5.74, 6) is 0.743. The van der Waals surface area contributed by atoms with Crippen LogP contribution in [0.15, 0.2) is 65.1 Å². The number of imidazole rings is 1. The van der Waals surface area contributed by atoms with E-state index in [0.29, 0.717) is 18.8 Å². The van der Waals surface area contributed by atoms with Gasteiger partial charge >= 0.3 is 6.09 Å². The molecule has 1 aromatic heterocycles. The Labute approximate surface area is 199 Å². The van der Waals surface area contributed by atoms with Gasteiger partial charge in [-0.1, -0.05) is 29.8 Å². The Bertz CT molecular complexity index is 1310. The normalized spacial score (nSPS) is 16.3. The second kappa shape index (κ2) is 9.76. The summed E-state index contributed by atoms with van der Waals surface area (Å²) in [6.07, 6.45) is 2.68. The van der Waals surface area contributed by atoms with Crippen LogP contribution in [-0.4, -0.2) is 48.3 Å². The molecule has 34 heavy (non-hydrogen) atoms. The number of piperidine rings is 1. The molecule has 1 atom stereocenters. The van der Waals surface area contributed by atoms with Gasteiger partial charge in [0.1, 0.15) is 0 Å². The minimum atomic E-state index is -3.72. The summed E-state index contributed by atoms with van der Waals surface area (Å²) in [6, 6.07) is 13.4. The SMILES string of the molecule is CC(C)=CCn1c(N2CCC[C@@H](NC(=O)O)C2)nc2ccc(NS(=O)(=O)c3ccccc3)cc21. The van der Waals surface area contributed by atoms with E-state index >= 15 is 0 Å². The van der Waals surface area contributed by atoms with Crippen molar-refractivity contribution in [3.63, 3.8) is 0 Å². The molecule has 0 radical (unpaired) electrons. The maximum absolute atomic E-state index is 12.8. The molecule has 10 heteroatoms. The van der Waals surface area contributed by atoms with E-state index < -0.39 is 16.1 Å². The summed E-state index contributed by atoms with van der Waals surface area (Å²) in [5, 5.41) is 11.7. The second-order valence-electron chi connectivity index (χ2n) is 8.66. The van der Waals surface area contributed by atoms with Gasteiger partial charge in [0, 0.05) is 25.7 Å². The number of hydrogen-bond acceptors (Lipinski definition) is 5. The van der Waals surface area contributed by atoms with Crippen LogP contribution in [0.2, 0.25) is 0 Å². The number of carbonyl (C=O) groups is 1. The van der Waals surface area contributed by atoms with Crippen molar-refractivity contribution in [2.45, 2.75) is 44.2 Å². The lowest BCUT2D eigenvalue weighted by molar-refractivity contribution is 0.188. The molecule has 1 fully saturated rings. The molecule has 2 aromatic carbocycles. The van der Waals surface area contributed by atoms with Crippen molar-refractivity contribution < 1.29 is 18.3 Å². The van der Waals surface area contributed by atoms with E-state index in [9.17, 15) is 13.2 Å². The number of amides is 1. The molecule has 1 amide bonds. The fourth-order valence-electron chi connectivity index (χ4n) is 4.13. The van der Waals surface area contributed by atoms with Crippen LogP contribution < -0.4 is 14.9 Å². The molecule has 3 N–H and O–H groups in total. The Balaban J connectivity index is 1.70. The van der Waals surface area contributed by atoms with E-state index in [1.165, 1.54) is 0 Å². The minimum absolute atomic E-state index is 0.170. The number of anilines is 2. The Morgan fingerprint density at radius 2 is 1.97 bits per heavy atom. The summed E-state index contributed by atoms with van der Waals surface area (Å²) < 4.78 is 30.3. The number of sulfonamides is 1. The maximum atomic E-state index is 12.8. The summed E-state index contributed by atoms with van der Waals surface area (Å²) in [5.41, 5.74) is 3.14. The highest BCUT2D eigenvalue weighted by atomic mass is 32.2. The van der Waals surface area contributed by atoms with Crippen LogP contribution in [0.1, 0.15) is 26.7 Å². The molecule has 0 aliphatic carbocycles. The Morgan fingerprint density at radius 3 is 2.68 bits per heavy atom. The van der Waals surface area contributed by atoms with E-state index in [1.807, 2.05) is 18.4 Å². The highest BCUT2D eigenvalue weighted by Gasteiger charge is 2.25. The lowest BCUT2D eigenvalue weighted by Gasteiger charge is -2.33. The molecule has 180 valence electrons. The highest BCUT2D eigenvalue weighted by Crippen LogP contribution is 2.28.